The Morgan fingerprint density at radius 3 is 2.47 bits per heavy atom. The quantitative estimate of drug-likeness (QED) is 0.762. The van der Waals surface area contributed by atoms with Gasteiger partial charge in [0.05, 0.1) is 0 Å². The van der Waals surface area contributed by atoms with E-state index < -0.39 is 5.60 Å². The van der Waals surface area contributed by atoms with E-state index in [1.54, 1.807) is 0 Å². The summed E-state index contributed by atoms with van der Waals surface area (Å²) < 4.78 is 5.38. The van der Waals surface area contributed by atoms with Gasteiger partial charge in [-0.15, -0.1) is 0 Å². The number of nitrogens with zero attached hydrogens (tertiary/aromatic N) is 1. The van der Waals surface area contributed by atoms with Crippen LogP contribution < -0.4 is 5.73 Å². The SMILES string of the molecule is CC(C)(C)OC(=O)N1CCC(C2CCC2N)C1. The molecule has 0 aromatic heterocycles. The van der Waals surface area contributed by atoms with E-state index in [2.05, 4.69) is 0 Å². The molecule has 1 saturated heterocycles. The number of carbonyl (C=O) groups is 1. The van der Waals surface area contributed by atoms with Gasteiger partial charge in [-0.2, -0.15) is 0 Å². The van der Waals surface area contributed by atoms with E-state index in [0.717, 1.165) is 25.9 Å². The summed E-state index contributed by atoms with van der Waals surface area (Å²) in [6, 6.07) is 0.360. The lowest BCUT2D eigenvalue weighted by Gasteiger charge is -2.38. The molecule has 3 atom stereocenters. The van der Waals surface area contributed by atoms with Crippen LogP contribution in [0.5, 0.6) is 0 Å². The number of hydrogen-bond donors (Lipinski definition) is 1. The summed E-state index contributed by atoms with van der Waals surface area (Å²) in [6.07, 6.45) is 3.28. The van der Waals surface area contributed by atoms with Crippen LogP contribution in [0.3, 0.4) is 0 Å². The first-order chi connectivity index (χ1) is 7.87. The van der Waals surface area contributed by atoms with Gasteiger partial charge in [0.15, 0.2) is 0 Å². The summed E-state index contributed by atoms with van der Waals surface area (Å²) in [6.45, 7) is 7.36. The Morgan fingerprint density at radius 2 is 2.00 bits per heavy atom. The van der Waals surface area contributed by atoms with Gasteiger partial charge in [-0.1, -0.05) is 0 Å². The van der Waals surface area contributed by atoms with Crippen LogP contribution in [-0.4, -0.2) is 35.7 Å². The Hall–Kier alpha value is -0.770. The van der Waals surface area contributed by atoms with Crippen LogP contribution in [0.1, 0.15) is 40.0 Å². The van der Waals surface area contributed by atoms with Gasteiger partial charge in [0.1, 0.15) is 5.60 Å². The number of hydrogen-bond acceptors (Lipinski definition) is 3. The fraction of sp³-hybridized carbons (Fsp3) is 0.923. The molecule has 17 heavy (non-hydrogen) atoms. The van der Waals surface area contributed by atoms with Crippen molar-refractivity contribution in [3.8, 4) is 0 Å². The predicted molar refractivity (Wildman–Crippen MR) is 66.6 cm³/mol. The van der Waals surface area contributed by atoms with Gasteiger partial charge in [-0.25, -0.2) is 4.79 Å². The fourth-order valence-corrected chi connectivity index (χ4v) is 2.77. The van der Waals surface area contributed by atoms with Crippen molar-refractivity contribution in [1.29, 1.82) is 0 Å². The highest BCUT2D eigenvalue weighted by Gasteiger charge is 2.39. The lowest BCUT2D eigenvalue weighted by Crippen LogP contribution is -2.44. The molecule has 0 aromatic rings. The maximum Gasteiger partial charge on any atom is 0.410 e. The standard InChI is InChI=1S/C13H24N2O2/c1-13(2,3)17-12(16)15-7-6-9(8-15)10-4-5-11(10)14/h9-11H,4-8,14H2,1-3H3. The number of likely N-dealkylation sites (tertiary alicyclic amines) is 1. The molecule has 0 spiro atoms. The minimum atomic E-state index is -0.401. The van der Waals surface area contributed by atoms with Crippen molar-refractivity contribution in [2.24, 2.45) is 17.6 Å². The summed E-state index contributed by atoms with van der Waals surface area (Å²) in [5.74, 6) is 1.22. The highest BCUT2D eigenvalue weighted by molar-refractivity contribution is 5.68. The molecule has 2 rings (SSSR count). The Kier molecular flexibility index (Phi) is 3.34. The van der Waals surface area contributed by atoms with Crippen molar-refractivity contribution >= 4 is 6.09 Å². The predicted octanol–water partition coefficient (Wildman–Crippen LogP) is 1.98. The number of carbonyl (C=O) groups excluding carboxylic acids is 1. The lowest BCUT2D eigenvalue weighted by molar-refractivity contribution is 0.0275. The summed E-state index contributed by atoms with van der Waals surface area (Å²) in [4.78, 5) is 13.7. The van der Waals surface area contributed by atoms with E-state index in [4.69, 9.17) is 10.5 Å². The van der Waals surface area contributed by atoms with Gasteiger partial charge < -0.3 is 15.4 Å². The molecule has 1 heterocycles. The molecule has 98 valence electrons. The molecule has 1 amide bonds. The number of amides is 1. The zero-order valence-corrected chi connectivity index (χ0v) is 11.1. The molecule has 3 unspecified atom stereocenters. The van der Waals surface area contributed by atoms with Crippen LogP contribution in [0.4, 0.5) is 4.79 Å². The summed E-state index contributed by atoms with van der Waals surface area (Å²) in [7, 11) is 0. The molecule has 0 aromatic carbocycles. The maximum atomic E-state index is 11.9. The highest BCUT2D eigenvalue weighted by atomic mass is 16.6. The molecule has 0 radical (unpaired) electrons. The Morgan fingerprint density at radius 1 is 1.29 bits per heavy atom. The van der Waals surface area contributed by atoms with E-state index in [1.807, 2.05) is 25.7 Å². The van der Waals surface area contributed by atoms with E-state index in [9.17, 15) is 4.79 Å². The summed E-state index contributed by atoms with van der Waals surface area (Å²) >= 11 is 0. The Balaban J connectivity index is 1.83. The number of ether oxygens (including phenoxy) is 1. The average molecular weight is 240 g/mol. The van der Waals surface area contributed by atoms with Crippen LogP contribution in [0.25, 0.3) is 0 Å². The van der Waals surface area contributed by atoms with E-state index in [1.165, 1.54) is 6.42 Å². The minimum Gasteiger partial charge on any atom is -0.444 e. The van der Waals surface area contributed by atoms with Crippen molar-refractivity contribution in [3.05, 3.63) is 0 Å². The third-order valence-electron chi connectivity index (χ3n) is 3.87. The minimum absolute atomic E-state index is 0.173. The van der Waals surface area contributed by atoms with Crippen molar-refractivity contribution in [1.82, 2.24) is 4.90 Å². The first-order valence-corrected chi connectivity index (χ1v) is 6.60. The lowest BCUT2D eigenvalue weighted by atomic mass is 9.72. The van der Waals surface area contributed by atoms with E-state index >= 15 is 0 Å². The van der Waals surface area contributed by atoms with Gasteiger partial charge in [-0.3, -0.25) is 0 Å². The number of nitrogens with two attached hydrogens (primary N) is 1. The zero-order chi connectivity index (χ0) is 12.6. The molecule has 4 nitrogen and oxygen atoms in total. The summed E-state index contributed by atoms with van der Waals surface area (Å²) in [5, 5.41) is 0. The van der Waals surface area contributed by atoms with Gasteiger partial charge in [0.2, 0.25) is 0 Å². The van der Waals surface area contributed by atoms with E-state index in [-0.39, 0.29) is 6.09 Å². The molecule has 2 aliphatic rings. The van der Waals surface area contributed by atoms with Crippen molar-refractivity contribution in [2.75, 3.05) is 13.1 Å². The van der Waals surface area contributed by atoms with Gasteiger partial charge >= 0.3 is 6.09 Å². The first-order valence-electron chi connectivity index (χ1n) is 6.60. The van der Waals surface area contributed by atoms with Gasteiger partial charge in [0, 0.05) is 19.1 Å². The van der Waals surface area contributed by atoms with Gasteiger partial charge in [-0.05, 0) is 51.9 Å². The highest BCUT2D eigenvalue weighted by Crippen LogP contribution is 2.37. The molecule has 0 bridgehead atoms. The fourth-order valence-electron chi connectivity index (χ4n) is 2.77. The molecule has 1 aliphatic heterocycles. The second-order valence-electron chi connectivity index (χ2n) is 6.38. The third kappa shape index (κ3) is 2.92. The normalized spacial score (nSPS) is 33.4. The van der Waals surface area contributed by atoms with Crippen molar-refractivity contribution < 1.29 is 9.53 Å². The van der Waals surface area contributed by atoms with E-state index in [0.29, 0.717) is 17.9 Å². The molecular weight excluding hydrogens is 216 g/mol. The second kappa shape index (κ2) is 4.48. The second-order valence-corrected chi connectivity index (χ2v) is 6.38. The van der Waals surface area contributed by atoms with Crippen molar-refractivity contribution in [3.63, 3.8) is 0 Å². The Bertz CT molecular complexity index is 298. The molecular formula is C13H24N2O2. The van der Waals surface area contributed by atoms with Crippen LogP contribution in [0, 0.1) is 11.8 Å². The average Bonchev–Trinajstić information content (AvgIpc) is 2.62. The van der Waals surface area contributed by atoms with Crippen LogP contribution in [-0.2, 0) is 4.74 Å². The zero-order valence-electron chi connectivity index (χ0n) is 11.1. The Labute approximate surface area is 103 Å². The molecule has 1 saturated carbocycles. The van der Waals surface area contributed by atoms with Gasteiger partial charge in [0.25, 0.3) is 0 Å². The van der Waals surface area contributed by atoms with Crippen LogP contribution >= 0.6 is 0 Å². The number of rotatable bonds is 1. The molecule has 2 N–H and O–H groups in total. The monoisotopic (exact) mass is 240 g/mol. The van der Waals surface area contributed by atoms with Crippen molar-refractivity contribution in [2.45, 2.75) is 51.7 Å². The van der Waals surface area contributed by atoms with Crippen LogP contribution in [0.15, 0.2) is 0 Å². The van der Waals surface area contributed by atoms with Crippen LogP contribution in [0.2, 0.25) is 0 Å². The molecule has 1 aliphatic carbocycles. The first kappa shape index (κ1) is 12.7. The largest absolute Gasteiger partial charge is 0.444 e. The summed E-state index contributed by atoms with van der Waals surface area (Å²) in [5.41, 5.74) is 5.59. The topological polar surface area (TPSA) is 55.6 Å². The molecule has 4 heteroatoms. The third-order valence-corrected chi connectivity index (χ3v) is 3.87. The maximum absolute atomic E-state index is 11.9. The molecule has 2 fully saturated rings. The smallest absolute Gasteiger partial charge is 0.410 e.